The Kier molecular flexibility index (Phi) is 5.89. The number of anilines is 1. The van der Waals surface area contributed by atoms with Crippen LogP contribution in [0.1, 0.15) is 39.5 Å². The predicted molar refractivity (Wildman–Crippen MR) is 87.9 cm³/mol. The number of hydrogen-bond donors (Lipinski definition) is 1. The van der Waals surface area contributed by atoms with E-state index in [-0.39, 0.29) is 0 Å². The molecule has 0 bridgehead atoms. The molecular weight excluding hydrogens is 322 g/mol. The minimum Gasteiger partial charge on any atom is -0.489 e. The summed E-state index contributed by atoms with van der Waals surface area (Å²) >= 11 is 5.30. The second-order valence-electron chi connectivity index (χ2n) is 5.18. The smallest absolute Gasteiger partial charge is 0.134 e. The number of halogens is 1. The van der Waals surface area contributed by atoms with Crippen LogP contribution in [0.25, 0.3) is 0 Å². The van der Waals surface area contributed by atoms with Gasteiger partial charge in [0.2, 0.25) is 0 Å². The molecule has 2 nitrogen and oxygen atoms in total. The molecule has 0 unspecified atom stereocenters. The lowest BCUT2D eigenvalue weighted by atomic mass is 9.89. The second kappa shape index (κ2) is 7.44. The Labute approximate surface area is 128 Å². The first-order chi connectivity index (χ1) is 9.19. The molecule has 1 aliphatic rings. The van der Waals surface area contributed by atoms with E-state index in [0.717, 1.165) is 27.6 Å². The predicted octanol–water partition coefficient (Wildman–Crippen LogP) is 5.49. The lowest BCUT2D eigenvalue weighted by Crippen LogP contribution is -2.23. The summed E-state index contributed by atoms with van der Waals surface area (Å²) in [6, 6.07) is 6.22. The van der Waals surface area contributed by atoms with E-state index in [1.54, 1.807) is 11.9 Å². The minimum atomic E-state index is 0.385. The van der Waals surface area contributed by atoms with E-state index in [1.807, 2.05) is 0 Å². The van der Waals surface area contributed by atoms with E-state index < -0.39 is 0 Å². The van der Waals surface area contributed by atoms with Crippen molar-refractivity contribution >= 4 is 33.6 Å². The molecule has 106 valence electrons. The van der Waals surface area contributed by atoms with Crippen molar-refractivity contribution < 1.29 is 4.74 Å². The summed E-state index contributed by atoms with van der Waals surface area (Å²) in [5.41, 5.74) is 1.11. The normalized spacial score (nSPS) is 23.1. The molecule has 19 heavy (non-hydrogen) atoms. The molecule has 1 saturated carbocycles. The van der Waals surface area contributed by atoms with Gasteiger partial charge in [0, 0.05) is 11.4 Å². The quantitative estimate of drug-likeness (QED) is 0.714. The number of benzene rings is 1. The van der Waals surface area contributed by atoms with Gasteiger partial charge < -0.3 is 9.46 Å². The standard InChI is InChI=1S/C15H22BrNOS/c1-3-19-17-12-6-9-15(14(16)10-12)18-13-7-4-11(2)5-8-13/h6,9-11,13,17H,3-5,7-8H2,1-2H3. The molecule has 1 aliphatic carbocycles. The maximum Gasteiger partial charge on any atom is 0.134 e. The number of ether oxygens (including phenoxy) is 1. The summed E-state index contributed by atoms with van der Waals surface area (Å²) in [5, 5.41) is 0. The molecule has 0 aliphatic heterocycles. The van der Waals surface area contributed by atoms with Crippen molar-refractivity contribution in [2.24, 2.45) is 5.92 Å². The Morgan fingerprint density at radius 1 is 1.32 bits per heavy atom. The number of rotatable bonds is 5. The van der Waals surface area contributed by atoms with Crippen molar-refractivity contribution in [1.29, 1.82) is 0 Å². The van der Waals surface area contributed by atoms with Gasteiger partial charge in [0.15, 0.2) is 0 Å². The molecule has 4 heteroatoms. The van der Waals surface area contributed by atoms with E-state index in [0.29, 0.717) is 6.10 Å². The number of nitrogens with one attached hydrogen (secondary N) is 1. The molecule has 1 N–H and O–H groups in total. The van der Waals surface area contributed by atoms with Crippen LogP contribution in [-0.4, -0.2) is 11.9 Å². The molecular formula is C15H22BrNOS. The molecule has 1 fully saturated rings. The van der Waals surface area contributed by atoms with Crippen molar-refractivity contribution in [3.63, 3.8) is 0 Å². The van der Waals surface area contributed by atoms with Gasteiger partial charge in [-0.15, -0.1) is 0 Å². The summed E-state index contributed by atoms with van der Waals surface area (Å²) in [6.45, 7) is 4.46. The Morgan fingerprint density at radius 3 is 2.68 bits per heavy atom. The fraction of sp³-hybridized carbons (Fsp3) is 0.600. The van der Waals surface area contributed by atoms with Crippen LogP contribution in [0, 0.1) is 5.92 Å². The van der Waals surface area contributed by atoms with Crippen molar-refractivity contribution in [2.75, 3.05) is 10.5 Å². The van der Waals surface area contributed by atoms with Crippen LogP contribution >= 0.6 is 27.9 Å². The van der Waals surface area contributed by atoms with Gasteiger partial charge in [-0.2, -0.15) is 0 Å². The lowest BCUT2D eigenvalue weighted by Gasteiger charge is -2.27. The summed E-state index contributed by atoms with van der Waals surface area (Å²) in [6.07, 6.45) is 5.32. The average molecular weight is 344 g/mol. The first-order valence-electron chi connectivity index (χ1n) is 7.03. The summed E-state index contributed by atoms with van der Waals surface area (Å²) < 4.78 is 10.5. The monoisotopic (exact) mass is 343 g/mol. The second-order valence-corrected chi connectivity index (χ2v) is 7.10. The van der Waals surface area contributed by atoms with E-state index in [4.69, 9.17) is 4.74 Å². The van der Waals surface area contributed by atoms with Crippen LogP contribution in [0.2, 0.25) is 0 Å². The van der Waals surface area contributed by atoms with Crippen LogP contribution in [0.3, 0.4) is 0 Å². The highest BCUT2D eigenvalue weighted by molar-refractivity contribution is 9.10. The molecule has 1 aromatic rings. The van der Waals surface area contributed by atoms with Crippen molar-refractivity contribution in [3.8, 4) is 5.75 Å². The lowest BCUT2D eigenvalue weighted by molar-refractivity contribution is 0.134. The van der Waals surface area contributed by atoms with Crippen LogP contribution in [0.4, 0.5) is 5.69 Å². The van der Waals surface area contributed by atoms with Crippen molar-refractivity contribution in [2.45, 2.75) is 45.6 Å². The van der Waals surface area contributed by atoms with Crippen molar-refractivity contribution in [1.82, 2.24) is 0 Å². The molecule has 0 atom stereocenters. The molecule has 2 rings (SSSR count). The summed E-state index contributed by atoms with van der Waals surface area (Å²) in [5.74, 6) is 2.88. The first kappa shape index (κ1) is 15.0. The highest BCUT2D eigenvalue weighted by atomic mass is 79.9. The van der Waals surface area contributed by atoms with Gasteiger partial charge >= 0.3 is 0 Å². The Bertz CT molecular complexity index is 405. The van der Waals surface area contributed by atoms with E-state index in [1.165, 1.54) is 25.7 Å². The first-order valence-corrected chi connectivity index (χ1v) is 8.81. The van der Waals surface area contributed by atoms with Gasteiger partial charge in [-0.3, -0.25) is 0 Å². The molecule has 0 spiro atoms. The Balaban J connectivity index is 1.93. The zero-order chi connectivity index (χ0) is 13.7. The molecule has 1 aromatic carbocycles. The fourth-order valence-corrected chi connectivity index (χ4v) is 3.25. The van der Waals surface area contributed by atoms with E-state index >= 15 is 0 Å². The maximum atomic E-state index is 6.11. The van der Waals surface area contributed by atoms with Gasteiger partial charge in [0.25, 0.3) is 0 Å². The average Bonchev–Trinajstić information content (AvgIpc) is 2.41. The van der Waals surface area contributed by atoms with Crippen LogP contribution in [-0.2, 0) is 0 Å². The molecule has 0 radical (unpaired) electrons. The Hall–Kier alpha value is -0.350. The van der Waals surface area contributed by atoms with Gasteiger partial charge in [-0.05, 0) is 65.7 Å². The zero-order valence-electron chi connectivity index (χ0n) is 11.6. The highest BCUT2D eigenvalue weighted by Crippen LogP contribution is 2.33. The summed E-state index contributed by atoms with van der Waals surface area (Å²) in [4.78, 5) is 0. The maximum absolute atomic E-state index is 6.11. The largest absolute Gasteiger partial charge is 0.489 e. The third kappa shape index (κ3) is 4.60. The third-order valence-corrected chi connectivity index (χ3v) is 4.81. The third-order valence-electron chi connectivity index (χ3n) is 3.52. The van der Waals surface area contributed by atoms with Gasteiger partial charge in [0.1, 0.15) is 5.75 Å². The molecule has 0 aromatic heterocycles. The van der Waals surface area contributed by atoms with Crippen molar-refractivity contribution in [3.05, 3.63) is 22.7 Å². The molecule has 0 heterocycles. The van der Waals surface area contributed by atoms with Gasteiger partial charge in [-0.25, -0.2) is 0 Å². The van der Waals surface area contributed by atoms with E-state index in [2.05, 4.69) is 52.7 Å². The van der Waals surface area contributed by atoms with Crippen LogP contribution < -0.4 is 9.46 Å². The molecule has 0 amide bonds. The summed E-state index contributed by atoms with van der Waals surface area (Å²) in [7, 11) is 0. The van der Waals surface area contributed by atoms with Crippen LogP contribution in [0.5, 0.6) is 5.75 Å². The van der Waals surface area contributed by atoms with E-state index in [9.17, 15) is 0 Å². The minimum absolute atomic E-state index is 0.385. The topological polar surface area (TPSA) is 21.3 Å². The van der Waals surface area contributed by atoms with Gasteiger partial charge in [-0.1, -0.05) is 25.8 Å². The SMILES string of the molecule is CCSNc1ccc(OC2CCC(C)CC2)c(Br)c1. The zero-order valence-corrected chi connectivity index (χ0v) is 14.0. The fourth-order valence-electron chi connectivity index (χ4n) is 2.34. The van der Waals surface area contributed by atoms with Gasteiger partial charge in [0.05, 0.1) is 10.6 Å². The molecule has 0 saturated heterocycles. The Morgan fingerprint density at radius 2 is 2.05 bits per heavy atom. The highest BCUT2D eigenvalue weighted by Gasteiger charge is 2.20. The number of hydrogen-bond acceptors (Lipinski definition) is 3. The van der Waals surface area contributed by atoms with Crippen LogP contribution in [0.15, 0.2) is 22.7 Å².